The molecule has 0 radical (unpaired) electrons. The van der Waals surface area contributed by atoms with E-state index in [1.807, 2.05) is 43.0 Å². The third kappa shape index (κ3) is 5.53. The van der Waals surface area contributed by atoms with Gasteiger partial charge in [0.05, 0.1) is 11.8 Å². The van der Waals surface area contributed by atoms with Crippen LogP contribution in [0.4, 0.5) is 5.69 Å². The van der Waals surface area contributed by atoms with Gasteiger partial charge in [-0.2, -0.15) is 0 Å². The number of rotatable bonds is 6. The van der Waals surface area contributed by atoms with Crippen LogP contribution >= 0.6 is 0 Å². The van der Waals surface area contributed by atoms with Crippen LogP contribution in [0.15, 0.2) is 24.3 Å². The van der Waals surface area contributed by atoms with E-state index in [2.05, 4.69) is 10.2 Å². The van der Waals surface area contributed by atoms with E-state index < -0.39 is 0 Å². The number of ether oxygens (including phenoxy) is 1. The first kappa shape index (κ1) is 18.3. The van der Waals surface area contributed by atoms with Gasteiger partial charge in [0, 0.05) is 46.1 Å². The molecule has 1 aromatic carbocycles. The molecule has 2 amide bonds. The molecule has 1 fully saturated rings. The summed E-state index contributed by atoms with van der Waals surface area (Å²) in [4.78, 5) is 27.6. The van der Waals surface area contributed by atoms with Crippen LogP contribution in [0.2, 0.25) is 0 Å². The van der Waals surface area contributed by atoms with Crippen molar-refractivity contribution in [2.24, 2.45) is 0 Å². The molecule has 1 heterocycles. The molecule has 24 heavy (non-hydrogen) atoms. The predicted molar refractivity (Wildman–Crippen MR) is 94.1 cm³/mol. The maximum atomic E-state index is 12.2. The molecule has 0 spiro atoms. The second kappa shape index (κ2) is 8.68. The maximum absolute atomic E-state index is 12.2. The summed E-state index contributed by atoms with van der Waals surface area (Å²) in [5.74, 6) is 0.786. The molecule has 6 heteroatoms. The number of amides is 2. The van der Waals surface area contributed by atoms with Gasteiger partial charge in [0.15, 0.2) is 0 Å². The first-order chi connectivity index (χ1) is 11.5. The van der Waals surface area contributed by atoms with Crippen LogP contribution in [0, 0.1) is 0 Å². The molecule has 1 aliphatic heterocycles. The third-order valence-corrected chi connectivity index (χ3v) is 4.00. The van der Waals surface area contributed by atoms with Gasteiger partial charge in [-0.05, 0) is 26.0 Å². The summed E-state index contributed by atoms with van der Waals surface area (Å²) in [5, 5.41) is 2.93. The molecular formula is C18H27N3O3. The molecule has 1 saturated heterocycles. The fourth-order valence-corrected chi connectivity index (χ4v) is 2.69. The zero-order valence-electron chi connectivity index (χ0n) is 14.7. The van der Waals surface area contributed by atoms with Gasteiger partial charge in [0.2, 0.25) is 11.8 Å². The lowest BCUT2D eigenvalue weighted by Gasteiger charge is -2.34. The van der Waals surface area contributed by atoms with Crippen LogP contribution in [0.5, 0.6) is 5.75 Å². The highest BCUT2D eigenvalue weighted by Gasteiger charge is 2.19. The van der Waals surface area contributed by atoms with Crippen LogP contribution in [-0.2, 0) is 9.59 Å². The third-order valence-electron chi connectivity index (χ3n) is 4.00. The van der Waals surface area contributed by atoms with Crippen molar-refractivity contribution in [1.29, 1.82) is 0 Å². The Morgan fingerprint density at radius 2 is 1.83 bits per heavy atom. The van der Waals surface area contributed by atoms with E-state index in [9.17, 15) is 9.59 Å². The van der Waals surface area contributed by atoms with Crippen LogP contribution in [-0.4, -0.2) is 60.4 Å². The molecule has 0 aromatic heterocycles. The van der Waals surface area contributed by atoms with Gasteiger partial charge in [0.25, 0.3) is 0 Å². The minimum atomic E-state index is -0.0243. The summed E-state index contributed by atoms with van der Waals surface area (Å²) in [6.45, 7) is 9.33. The van der Waals surface area contributed by atoms with Crippen molar-refractivity contribution in [2.75, 3.05) is 38.0 Å². The van der Waals surface area contributed by atoms with Gasteiger partial charge < -0.3 is 15.0 Å². The number of carbonyl (C=O) groups is 2. The summed E-state index contributed by atoms with van der Waals surface area (Å²) in [7, 11) is 0. The quantitative estimate of drug-likeness (QED) is 0.864. The smallest absolute Gasteiger partial charge is 0.225 e. The summed E-state index contributed by atoms with van der Waals surface area (Å²) in [5.41, 5.74) is 0.706. The van der Waals surface area contributed by atoms with Crippen molar-refractivity contribution in [2.45, 2.75) is 33.3 Å². The fraction of sp³-hybridized carbons (Fsp3) is 0.556. The van der Waals surface area contributed by atoms with E-state index >= 15 is 0 Å². The number of benzene rings is 1. The predicted octanol–water partition coefficient (Wildman–Crippen LogP) is 1.97. The van der Waals surface area contributed by atoms with E-state index in [1.165, 1.54) is 0 Å². The van der Waals surface area contributed by atoms with Crippen LogP contribution in [0.3, 0.4) is 0 Å². The summed E-state index contributed by atoms with van der Waals surface area (Å²) in [6.07, 6.45) is 0.483. The van der Waals surface area contributed by atoms with Crippen molar-refractivity contribution in [3.8, 4) is 5.75 Å². The van der Waals surface area contributed by atoms with Crippen molar-refractivity contribution < 1.29 is 14.3 Å². The largest absolute Gasteiger partial charge is 0.489 e. The number of anilines is 1. The van der Waals surface area contributed by atoms with Crippen LogP contribution in [0.25, 0.3) is 0 Å². The molecular weight excluding hydrogens is 306 g/mol. The lowest BCUT2D eigenvalue weighted by molar-refractivity contribution is -0.130. The number of hydrogen-bond acceptors (Lipinski definition) is 4. The van der Waals surface area contributed by atoms with Gasteiger partial charge in [-0.3, -0.25) is 14.5 Å². The first-order valence-corrected chi connectivity index (χ1v) is 8.49. The summed E-state index contributed by atoms with van der Waals surface area (Å²) in [6, 6.07) is 7.48. The normalized spacial score (nSPS) is 15.4. The van der Waals surface area contributed by atoms with E-state index in [4.69, 9.17) is 4.74 Å². The SMILES string of the molecule is CC(=O)N1CCN(CCC(=O)Nc2ccccc2OC(C)C)CC1. The molecule has 1 N–H and O–H groups in total. The molecule has 1 aromatic rings. The van der Waals surface area contributed by atoms with Gasteiger partial charge in [-0.15, -0.1) is 0 Å². The van der Waals surface area contributed by atoms with Crippen molar-refractivity contribution in [3.63, 3.8) is 0 Å². The lowest BCUT2D eigenvalue weighted by Crippen LogP contribution is -2.48. The molecule has 6 nitrogen and oxygen atoms in total. The minimum Gasteiger partial charge on any atom is -0.489 e. The molecule has 132 valence electrons. The van der Waals surface area contributed by atoms with Crippen LogP contribution in [0.1, 0.15) is 27.2 Å². The number of carbonyl (C=O) groups excluding carboxylic acids is 2. The van der Waals surface area contributed by atoms with E-state index in [0.29, 0.717) is 24.4 Å². The Kier molecular flexibility index (Phi) is 6.61. The molecule has 0 unspecified atom stereocenters. The zero-order valence-corrected chi connectivity index (χ0v) is 14.7. The molecule has 2 rings (SSSR count). The van der Waals surface area contributed by atoms with E-state index in [-0.39, 0.29) is 17.9 Å². The standard InChI is InChI=1S/C18H27N3O3/c1-14(2)24-17-7-5-4-6-16(17)19-18(23)8-9-20-10-12-21(13-11-20)15(3)22/h4-7,14H,8-13H2,1-3H3,(H,19,23). The van der Waals surface area contributed by atoms with E-state index in [1.54, 1.807) is 6.92 Å². The molecule has 0 atom stereocenters. The van der Waals surface area contributed by atoms with Gasteiger partial charge in [-0.25, -0.2) is 0 Å². The van der Waals surface area contributed by atoms with Crippen LogP contribution < -0.4 is 10.1 Å². The molecule has 0 saturated carbocycles. The minimum absolute atomic E-state index is 0.0243. The molecule has 0 bridgehead atoms. The van der Waals surface area contributed by atoms with Crippen molar-refractivity contribution in [1.82, 2.24) is 9.80 Å². The number of nitrogens with one attached hydrogen (secondary N) is 1. The summed E-state index contributed by atoms with van der Waals surface area (Å²) >= 11 is 0. The summed E-state index contributed by atoms with van der Waals surface area (Å²) < 4.78 is 5.71. The molecule has 1 aliphatic rings. The molecule has 0 aliphatic carbocycles. The van der Waals surface area contributed by atoms with Gasteiger partial charge in [0.1, 0.15) is 5.75 Å². The Morgan fingerprint density at radius 3 is 2.46 bits per heavy atom. The first-order valence-electron chi connectivity index (χ1n) is 8.49. The maximum Gasteiger partial charge on any atom is 0.225 e. The second-order valence-electron chi connectivity index (χ2n) is 6.31. The monoisotopic (exact) mass is 333 g/mol. The number of hydrogen-bond donors (Lipinski definition) is 1. The van der Waals surface area contributed by atoms with Crippen molar-refractivity contribution >= 4 is 17.5 Å². The number of para-hydroxylation sites is 2. The number of piperazine rings is 1. The van der Waals surface area contributed by atoms with Crippen molar-refractivity contribution in [3.05, 3.63) is 24.3 Å². The second-order valence-corrected chi connectivity index (χ2v) is 6.31. The Hall–Kier alpha value is -2.08. The fourth-order valence-electron chi connectivity index (χ4n) is 2.69. The highest BCUT2D eigenvalue weighted by molar-refractivity contribution is 5.92. The van der Waals surface area contributed by atoms with E-state index in [0.717, 1.165) is 26.2 Å². The Balaban J connectivity index is 1.79. The Labute approximate surface area is 143 Å². The Morgan fingerprint density at radius 1 is 1.17 bits per heavy atom. The highest BCUT2D eigenvalue weighted by atomic mass is 16.5. The Bertz CT molecular complexity index is 566. The van der Waals surface area contributed by atoms with Gasteiger partial charge in [-0.1, -0.05) is 12.1 Å². The average Bonchev–Trinajstić information content (AvgIpc) is 2.54. The average molecular weight is 333 g/mol. The topological polar surface area (TPSA) is 61.9 Å². The number of nitrogens with zero attached hydrogens (tertiary/aromatic N) is 2. The lowest BCUT2D eigenvalue weighted by atomic mass is 10.2. The highest BCUT2D eigenvalue weighted by Crippen LogP contribution is 2.24. The zero-order chi connectivity index (χ0) is 17.5. The van der Waals surface area contributed by atoms with Gasteiger partial charge >= 0.3 is 0 Å².